The van der Waals surface area contributed by atoms with E-state index in [1.807, 2.05) is 19.1 Å². The van der Waals surface area contributed by atoms with Crippen molar-refractivity contribution in [1.29, 1.82) is 10.7 Å². The third-order valence-corrected chi connectivity index (χ3v) is 2.99. The Morgan fingerprint density at radius 3 is 2.08 bits per heavy atom. The summed E-state index contributed by atoms with van der Waals surface area (Å²) in [7, 11) is 0. The van der Waals surface area contributed by atoms with Crippen molar-refractivity contribution in [3.8, 4) is 6.07 Å². The second-order valence-corrected chi connectivity index (χ2v) is 5.12. The molecule has 0 unspecified atom stereocenters. The van der Waals surface area contributed by atoms with Crippen LogP contribution in [0.4, 0.5) is 0 Å². The Kier molecular flexibility index (Phi) is 16.8. The van der Waals surface area contributed by atoms with Gasteiger partial charge >= 0.3 is 51.4 Å². The molecule has 2 rings (SSSR count). The fraction of sp³-hybridized carbons (Fsp3) is 0.294. The van der Waals surface area contributed by atoms with Gasteiger partial charge in [0, 0.05) is 18.8 Å². The van der Waals surface area contributed by atoms with Crippen LogP contribution in [0.3, 0.4) is 0 Å². The van der Waals surface area contributed by atoms with Gasteiger partial charge in [-0.3, -0.25) is 5.41 Å². The maximum absolute atomic E-state index is 8.28. The van der Waals surface area contributed by atoms with E-state index in [2.05, 4.69) is 9.97 Å². The van der Waals surface area contributed by atoms with Crippen LogP contribution in [0.15, 0.2) is 36.7 Å². The number of hydrogen-bond donors (Lipinski definition) is 1. The van der Waals surface area contributed by atoms with E-state index in [0.717, 1.165) is 11.1 Å². The van der Waals surface area contributed by atoms with E-state index in [0.29, 0.717) is 29.8 Å². The number of pyridine rings is 2. The van der Waals surface area contributed by atoms with Gasteiger partial charge < -0.3 is 6.16 Å². The van der Waals surface area contributed by atoms with Crippen LogP contribution in [0.25, 0.3) is 0 Å². The third-order valence-electron chi connectivity index (χ3n) is 2.54. The van der Waals surface area contributed by atoms with Crippen molar-refractivity contribution < 1.29 is 57.5 Å². The molecule has 5 nitrogen and oxygen atoms in total. The maximum Gasteiger partial charge on any atom is 1.00 e. The molecule has 0 spiro atoms. The number of rotatable bonds is 4. The fourth-order valence-electron chi connectivity index (χ4n) is 1.52. The summed E-state index contributed by atoms with van der Waals surface area (Å²) >= 11 is 11.1. The first-order valence-electron chi connectivity index (χ1n) is 6.83. The molecule has 25 heavy (non-hydrogen) atoms. The molecule has 2 heterocycles. The van der Waals surface area contributed by atoms with Gasteiger partial charge in [-0.25, -0.2) is 9.97 Å². The largest absolute Gasteiger partial charge is 1.00 e. The van der Waals surface area contributed by atoms with Crippen LogP contribution < -0.4 is 51.4 Å². The minimum absolute atomic E-state index is 0. The predicted octanol–water partition coefficient (Wildman–Crippen LogP) is 1.84. The standard InChI is InChI=1S/C9H11ClN2O.C7H5ClN2.CH4.K.H/c1-2-13-9(11)5-7-3-4-8(10)12-6-7;8-7-2-1-6(3-4-9)5-10-7;;;/h3-4,6,11H,2,5H2,1H3;1-2,5H,3H2;1H4;;/q;;;+1;-1. The molecule has 2 aromatic rings. The summed E-state index contributed by atoms with van der Waals surface area (Å²) in [6.45, 7) is 2.38. The number of nitrogens with one attached hydrogen (secondary N) is 1. The van der Waals surface area contributed by atoms with Crippen molar-refractivity contribution in [3.05, 3.63) is 58.1 Å². The first kappa shape index (κ1) is 26.7. The average Bonchev–Trinajstić information content (AvgIpc) is 2.53. The summed E-state index contributed by atoms with van der Waals surface area (Å²) in [5.41, 5.74) is 1.83. The van der Waals surface area contributed by atoms with E-state index in [4.69, 9.17) is 38.6 Å². The Morgan fingerprint density at radius 1 is 1.16 bits per heavy atom. The first-order valence-corrected chi connectivity index (χ1v) is 7.58. The predicted molar refractivity (Wildman–Crippen MR) is 98.7 cm³/mol. The number of aromatic nitrogens is 2. The van der Waals surface area contributed by atoms with Crippen molar-refractivity contribution in [2.24, 2.45) is 0 Å². The molecule has 1 N–H and O–H groups in total. The zero-order valence-corrected chi connectivity index (χ0v) is 18.2. The van der Waals surface area contributed by atoms with E-state index in [-0.39, 0.29) is 66.1 Å². The first-order chi connectivity index (χ1) is 11.0. The van der Waals surface area contributed by atoms with Gasteiger partial charge in [0.2, 0.25) is 0 Å². The smallest absolute Gasteiger partial charge is 1.00 e. The van der Waals surface area contributed by atoms with Crippen molar-refractivity contribution in [1.82, 2.24) is 9.97 Å². The minimum Gasteiger partial charge on any atom is -1.00 e. The van der Waals surface area contributed by atoms with Crippen molar-refractivity contribution in [2.45, 2.75) is 27.2 Å². The number of nitriles is 1. The summed E-state index contributed by atoms with van der Waals surface area (Å²) in [5.74, 6) is 0.256. The summed E-state index contributed by atoms with van der Waals surface area (Å²) in [6.07, 6.45) is 4.11. The van der Waals surface area contributed by atoms with Gasteiger partial charge in [0.25, 0.3) is 0 Å². The van der Waals surface area contributed by atoms with Crippen LogP contribution in [0, 0.1) is 16.7 Å². The number of nitrogens with zero attached hydrogens (tertiary/aromatic N) is 3. The molecule has 8 heteroatoms. The zero-order valence-electron chi connectivity index (χ0n) is 14.6. The quantitative estimate of drug-likeness (QED) is 0.363. The Hall–Kier alpha value is -0.524. The van der Waals surface area contributed by atoms with Gasteiger partial charge in [-0.1, -0.05) is 42.8 Å². The second-order valence-electron chi connectivity index (χ2n) is 4.35. The van der Waals surface area contributed by atoms with Gasteiger partial charge in [0.1, 0.15) is 10.3 Å². The number of halogens is 2. The Morgan fingerprint density at radius 2 is 1.68 bits per heavy atom. The summed E-state index contributed by atoms with van der Waals surface area (Å²) in [5, 5.41) is 16.6. The molecule has 130 valence electrons. The Labute approximate surface area is 203 Å². The summed E-state index contributed by atoms with van der Waals surface area (Å²) in [6, 6.07) is 9.03. The van der Waals surface area contributed by atoms with Crippen LogP contribution in [-0.2, 0) is 17.6 Å². The van der Waals surface area contributed by atoms with E-state index in [1.165, 1.54) is 0 Å². The molecule has 0 aliphatic heterocycles. The number of ether oxygens (including phenoxy) is 1. The molecular weight excluding hydrogens is 386 g/mol. The average molecular weight is 407 g/mol. The molecule has 0 fully saturated rings. The molecular formula is C17H21Cl2KN4O. The molecule has 0 radical (unpaired) electrons. The second kappa shape index (κ2) is 15.7. The maximum atomic E-state index is 8.28. The molecule has 0 saturated heterocycles. The van der Waals surface area contributed by atoms with Crippen molar-refractivity contribution in [3.63, 3.8) is 0 Å². The molecule has 0 amide bonds. The van der Waals surface area contributed by atoms with Crippen molar-refractivity contribution >= 4 is 29.1 Å². The third kappa shape index (κ3) is 12.5. The summed E-state index contributed by atoms with van der Waals surface area (Å²) < 4.78 is 5.00. The zero-order chi connectivity index (χ0) is 17.1. The van der Waals surface area contributed by atoms with E-state index in [1.54, 1.807) is 30.6 Å². The van der Waals surface area contributed by atoms with E-state index < -0.39 is 0 Å². The fourth-order valence-corrected chi connectivity index (χ4v) is 1.75. The Bertz CT molecular complexity index is 664. The molecule has 2 aromatic heterocycles. The molecule has 0 aliphatic carbocycles. The van der Waals surface area contributed by atoms with Gasteiger partial charge in [0.15, 0.2) is 5.90 Å². The molecule has 0 saturated carbocycles. The summed E-state index contributed by atoms with van der Waals surface area (Å²) in [4.78, 5) is 7.72. The van der Waals surface area contributed by atoms with Gasteiger partial charge in [-0.2, -0.15) is 5.26 Å². The molecule has 0 bridgehead atoms. The number of hydrogen-bond acceptors (Lipinski definition) is 5. The minimum atomic E-state index is 0. The molecule has 0 aromatic carbocycles. The molecule has 0 atom stereocenters. The SMILES string of the molecule is C.CCOC(=N)Cc1ccc(Cl)nc1.N#CCc1ccc(Cl)nc1.[H-].[K+]. The van der Waals surface area contributed by atoms with Gasteiger partial charge in [-0.15, -0.1) is 0 Å². The van der Waals surface area contributed by atoms with Crippen LogP contribution >= 0.6 is 23.2 Å². The molecule has 0 aliphatic rings. The van der Waals surface area contributed by atoms with Crippen LogP contribution in [-0.4, -0.2) is 22.5 Å². The Balaban J connectivity index is -0.000000374. The monoisotopic (exact) mass is 406 g/mol. The van der Waals surface area contributed by atoms with E-state index in [9.17, 15) is 0 Å². The van der Waals surface area contributed by atoms with Crippen molar-refractivity contribution in [2.75, 3.05) is 6.61 Å². The van der Waals surface area contributed by atoms with Crippen LogP contribution in [0.5, 0.6) is 0 Å². The van der Waals surface area contributed by atoms with E-state index >= 15 is 0 Å². The van der Waals surface area contributed by atoms with Crippen LogP contribution in [0.1, 0.15) is 26.9 Å². The normalized spacial score (nSPS) is 8.56. The van der Waals surface area contributed by atoms with Gasteiger partial charge in [-0.05, 0) is 30.2 Å². The van der Waals surface area contributed by atoms with Crippen LogP contribution in [0.2, 0.25) is 10.3 Å². The topological polar surface area (TPSA) is 82.6 Å². The van der Waals surface area contributed by atoms with Gasteiger partial charge in [0.05, 0.1) is 19.1 Å².